The van der Waals surface area contributed by atoms with Crippen molar-refractivity contribution < 1.29 is 4.79 Å². The minimum Gasteiger partial charge on any atom is -0.343 e. The maximum Gasteiger partial charge on any atom is 0.252 e. The number of hydrogen-bond acceptors (Lipinski definition) is 4. The van der Waals surface area contributed by atoms with Crippen LogP contribution in [0.1, 0.15) is 51.6 Å². The largest absolute Gasteiger partial charge is 0.343 e. The summed E-state index contributed by atoms with van der Waals surface area (Å²) in [5.74, 6) is 0.334. The van der Waals surface area contributed by atoms with Crippen LogP contribution < -0.4 is 5.32 Å². The van der Waals surface area contributed by atoms with Crippen LogP contribution in [-0.4, -0.2) is 33.9 Å². The van der Waals surface area contributed by atoms with E-state index in [1.807, 2.05) is 68.0 Å². The van der Waals surface area contributed by atoms with E-state index < -0.39 is 0 Å². The highest BCUT2D eigenvalue weighted by Crippen LogP contribution is 2.31. The zero-order chi connectivity index (χ0) is 21.6. The van der Waals surface area contributed by atoms with Gasteiger partial charge in [-0.2, -0.15) is 0 Å². The zero-order valence-electron chi connectivity index (χ0n) is 18.3. The highest BCUT2D eigenvalue weighted by atomic mass is 16.1. The number of rotatable bonds is 6. The Kier molecular flexibility index (Phi) is 6.73. The van der Waals surface area contributed by atoms with Gasteiger partial charge in [0.1, 0.15) is 0 Å². The summed E-state index contributed by atoms with van der Waals surface area (Å²) in [6.07, 6.45) is 7.66. The Morgan fingerprint density at radius 3 is 2.52 bits per heavy atom. The van der Waals surface area contributed by atoms with Gasteiger partial charge in [-0.3, -0.25) is 19.7 Å². The summed E-state index contributed by atoms with van der Waals surface area (Å²) in [4.78, 5) is 24.4. The Labute approximate surface area is 184 Å². The molecule has 0 bridgehead atoms. The van der Waals surface area contributed by atoms with E-state index in [4.69, 9.17) is 0 Å². The van der Waals surface area contributed by atoms with Crippen LogP contribution in [0.3, 0.4) is 0 Å². The predicted octanol–water partition coefficient (Wildman–Crippen LogP) is 4.48. The number of aromatic nitrogens is 2. The molecule has 31 heavy (non-hydrogen) atoms. The zero-order valence-corrected chi connectivity index (χ0v) is 18.3. The fourth-order valence-electron chi connectivity index (χ4n) is 4.40. The lowest BCUT2D eigenvalue weighted by Gasteiger charge is -2.36. The number of carbonyl (C=O) groups is 1. The predicted molar refractivity (Wildman–Crippen MR) is 123 cm³/mol. The van der Waals surface area contributed by atoms with Gasteiger partial charge in [-0.25, -0.2) is 0 Å². The number of benzene rings is 1. The van der Waals surface area contributed by atoms with Gasteiger partial charge in [0.15, 0.2) is 0 Å². The van der Waals surface area contributed by atoms with Crippen LogP contribution in [0.15, 0.2) is 67.1 Å². The first-order valence-corrected chi connectivity index (χ1v) is 11.0. The molecular weight excluding hydrogens is 384 g/mol. The number of pyridine rings is 2. The number of carbonyl (C=O) groups excluding carboxylic acids is 1. The number of nitrogens with one attached hydrogen (secondary N) is 1. The molecule has 3 heterocycles. The molecule has 0 saturated carbocycles. The van der Waals surface area contributed by atoms with E-state index in [0.29, 0.717) is 5.92 Å². The van der Waals surface area contributed by atoms with Gasteiger partial charge in [-0.15, -0.1) is 0 Å². The molecule has 3 aromatic rings. The molecule has 5 nitrogen and oxygen atoms in total. The number of nitrogens with zero attached hydrogens (tertiary/aromatic N) is 3. The Morgan fingerprint density at radius 2 is 1.81 bits per heavy atom. The molecule has 1 aliphatic heterocycles. The monoisotopic (exact) mass is 414 g/mol. The highest BCUT2D eigenvalue weighted by molar-refractivity contribution is 5.95. The molecule has 1 atom stereocenters. The molecule has 1 saturated heterocycles. The van der Waals surface area contributed by atoms with Crippen LogP contribution in [0, 0.1) is 19.8 Å². The van der Waals surface area contributed by atoms with Crippen LogP contribution in [0.4, 0.5) is 0 Å². The van der Waals surface area contributed by atoms with Crippen molar-refractivity contribution in [1.82, 2.24) is 20.2 Å². The molecule has 1 amide bonds. The summed E-state index contributed by atoms with van der Waals surface area (Å²) in [5.41, 5.74) is 5.23. The third-order valence-corrected chi connectivity index (χ3v) is 6.32. The van der Waals surface area contributed by atoms with Gasteiger partial charge in [0.05, 0.1) is 11.7 Å². The second-order valence-corrected chi connectivity index (χ2v) is 8.44. The van der Waals surface area contributed by atoms with Gasteiger partial charge in [0.25, 0.3) is 5.91 Å². The fourth-order valence-corrected chi connectivity index (χ4v) is 4.40. The lowest BCUT2D eigenvalue weighted by atomic mass is 9.86. The third kappa shape index (κ3) is 5.17. The molecule has 0 aliphatic carbocycles. The Morgan fingerprint density at radius 1 is 1.03 bits per heavy atom. The van der Waals surface area contributed by atoms with Gasteiger partial charge < -0.3 is 5.32 Å². The summed E-state index contributed by atoms with van der Waals surface area (Å²) in [7, 11) is 0. The van der Waals surface area contributed by atoms with Crippen molar-refractivity contribution in [1.29, 1.82) is 0 Å². The molecule has 160 valence electrons. The maximum absolute atomic E-state index is 13.1. The molecule has 1 fully saturated rings. The number of piperidine rings is 1. The van der Waals surface area contributed by atoms with Crippen LogP contribution in [0.2, 0.25) is 0 Å². The van der Waals surface area contributed by atoms with E-state index in [9.17, 15) is 4.79 Å². The smallest absolute Gasteiger partial charge is 0.252 e. The Balaban J connectivity index is 1.46. The van der Waals surface area contributed by atoms with Crippen molar-refractivity contribution in [3.63, 3.8) is 0 Å². The Hall–Kier alpha value is -3.05. The average molecular weight is 415 g/mol. The molecule has 2 aromatic heterocycles. The van der Waals surface area contributed by atoms with E-state index in [0.717, 1.165) is 49.3 Å². The van der Waals surface area contributed by atoms with Crippen LogP contribution in [-0.2, 0) is 6.54 Å². The first kappa shape index (κ1) is 21.2. The van der Waals surface area contributed by atoms with Crippen molar-refractivity contribution in [3.05, 3.63) is 95.1 Å². The molecule has 5 heteroatoms. The first-order valence-electron chi connectivity index (χ1n) is 11.0. The molecular formula is C26H30N4O. The average Bonchev–Trinajstić information content (AvgIpc) is 2.80. The van der Waals surface area contributed by atoms with Crippen molar-refractivity contribution in [3.8, 4) is 0 Å². The number of likely N-dealkylation sites (tertiary alicyclic amines) is 1. The first-order chi connectivity index (χ1) is 15.1. The van der Waals surface area contributed by atoms with Crippen LogP contribution in [0.5, 0.6) is 0 Å². The number of aryl methyl sites for hydroxylation is 2. The summed E-state index contributed by atoms with van der Waals surface area (Å²) in [5, 5.41) is 3.31. The minimum absolute atomic E-state index is 0.0245. The lowest BCUT2D eigenvalue weighted by molar-refractivity contribution is 0.0887. The summed E-state index contributed by atoms with van der Waals surface area (Å²) >= 11 is 0. The quantitative estimate of drug-likeness (QED) is 0.646. The standard InChI is InChI=1S/C26H30N4O/c1-19-7-3-4-8-23(19)26(31)29-25(24-9-5-6-13-28-24)21-11-15-30(16-12-21)18-22-10-14-27-17-20(22)2/h3-10,13-14,17,21,25H,11-12,15-16,18H2,1-2H3,(H,29,31)/t25-/m1/s1. The van der Waals surface area contributed by atoms with Crippen molar-refractivity contribution >= 4 is 5.91 Å². The number of amides is 1. The maximum atomic E-state index is 13.1. The SMILES string of the molecule is Cc1cnccc1CN1CCC([C@@H](NC(=O)c2ccccc2C)c2ccccn2)CC1. The van der Waals surface area contributed by atoms with Gasteiger partial charge in [0.2, 0.25) is 0 Å². The summed E-state index contributed by atoms with van der Waals surface area (Å²) < 4.78 is 0. The molecule has 4 rings (SSSR count). The molecule has 0 radical (unpaired) electrons. The normalized spacial score (nSPS) is 16.1. The van der Waals surface area contributed by atoms with E-state index in [1.54, 1.807) is 0 Å². The lowest BCUT2D eigenvalue weighted by Crippen LogP contribution is -2.41. The Bertz CT molecular complexity index is 1010. The van der Waals surface area contributed by atoms with Crippen molar-refractivity contribution in [2.45, 2.75) is 39.3 Å². The minimum atomic E-state index is -0.0851. The van der Waals surface area contributed by atoms with Crippen LogP contribution >= 0.6 is 0 Å². The molecule has 0 spiro atoms. The van der Waals surface area contributed by atoms with Gasteiger partial charge in [-0.1, -0.05) is 24.3 Å². The molecule has 1 aromatic carbocycles. The summed E-state index contributed by atoms with van der Waals surface area (Å²) in [6.45, 7) is 7.06. The van der Waals surface area contributed by atoms with E-state index >= 15 is 0 Å². The molecule has 1 aliphatic rings. The van der Waals surface area contributed by atoms with Crippen molar-refractivity contribution in [2.24, 2.45) is 5.92 Å². The fraction of sp³-hybridized carbons (Fsp3) is 0.346. The van der Waals surface area contributed by atoms with Gasteiger partial charge >= 0.3 is 0 Å². The second kappa shape index (κ2) is 9.84. The van der Waals surface area contributed by atoms with Gasteiger partial charge in [0, 0.05) is 30.7 Å². The highest BCUT2D eigenvalue weighted by Gasteiger charge is 2.30. The van der Waals surface area contributed by atoms with E-state index in [2.05, 4.69) is 33.2 Å². The molecule has 0 unspecified atom stereocenters. The molecule has 1 N–H and O–H groups in total. The van der Waals surface area contributed by atoms with Crippen molar-refractivity contribution in [2.75, 3.05) is 13.1 Å². The van der Waals surface area contributed by atoms with Crippen LogP contribution in [0.25, 0.3) is 0 Å². The van der Waals surface area contributed by atoms with E-state index in [-0.39, 0.29) is 11.9 Å². The van der Waals surface area contributed by atoms with Gasteiger partial charge in [-0.05, 0) is 86.7 Å². The second-order valence-electron chi connectivity index (χ2n) is 8.44. The topological polar surface area (TPSA) is 58.1 Å². The summed E-state index contributed by atoms with van der Waals surface area (Å²) in [6, 6.07) is 15.7. The van der Waals surface area contributed by atoms with E-state index in [1.165, 1.54) is 11.1 Å². The number of hydrogen-bond donors (Lipinski definition) is 1. The third-order valence-electron chi connectivity index (χ3n) is 6.32.